The lowest BCUT2D eigenvalue weighted by Gasteiger charge is -2.18. The molecule has 11 heteroatoms. The number of halogens is 4. The van der Waals surface area contributed by atoms with Crippen LogP contribution < -0.4 is 10.2 Å². The number of aromatic nitrogens is 4. The summed E-state index contributed by atoms with van der Waals surface area (Å²) < 4.78 is 53.3. The Morgan fingerprint density at radius 2 is 2.07 bits per heavy atom. The maximum absolute atomic E-state index is 13.2. The molecule has 1 aliphatic rings. The molecule has 1 aliphatic heterocycles. The Hall–Kier alpha value is -3.24. The van der Waals surface area contributed by atoms with E-state index in [0.29, 0.717) is 5.82 Å². The summed E-state index contributed by atoms with van der Waals surface area (Å²) >= 11 is 0. The van der Waals surface area contributed by atoms with Crippen molar-refractivity contribution in [1.29, 1.82) is 0 Å². The van der Waals surface area contributed by atoms with Crippen LogP contribution in [-0.2, 0) is 0 Å². The molecular formula is C17H14F4N6O. The Balaban J connectivity index is 1.59. The summed E-state index contributed by atoms with van der Waals surface area (Å²) in [5.41, 5.74) is 0.459. The molecule has 1 fully saturated rings. The van der Waals surface area contributed by atoms with E-state index >= 15 is 0 Å². The molecule has 1 saturated heterocycles. The van der Waals surface area contributed by atoms with Gasteiger partial charge < -0.3 is 10.2 Å². The van der Waals surface area contributed by atoms with E-state index in [9.17, 15) is 22.4 Å². The van der Waals surface area contributed by atoms with Crippen molar-refractivity contribution in [2.45, 2.75) is 12.6 Å². The first-order chi connectivity index (χ1) is 13.3. The highest BCUT2D eigenvalue weighted by Crippen LogP contribution is 2.35. The maximum Gasteiger partial charge on any atom is 0.393 e. The van der Waals surface area contributed by atoms with Gasteiger partial charge in [0.2, 0.25) is 0 Å². The minimum absolute atomic E-state index is 0.00443. The van der Waals surface area contributed by atoms with Crippen molar-refractivity contribution >= 4 is 23.1 Å². The van der Waals surface area contributed by atoms with E-state index in [-0.39, 0.29) is 36.4 Å². The number of hydrogen-bond acceptors (Lipinski definition) is 5. The van der Waals surface area contributed by atoms with Gasteiger partial charge in [-0.05, 0) is 12.5 Å². The van der Waals surface area contributed by atoms with E-state index < -0.39 is 23.8 Å². The first-order valence-electron chi connectivity index (χ1n) is 8.39. The van der Waals surface area contributed by atoms with E-state index in [1.54, 1.807) is 6.07 Å². The number of carbonyl (C=O) groups is 1. The first kappa shape index (κ1) is 18.1. The molecule has 0 aromatic carbocycles. The SMILES string of the molecule is O=C(Nc1cncc(F)c1)c1cnn2ccc(N3CCC(C(F)(F)F)C3)nc12. The Bertz CT molecular complexity index is 1030. The lowest BCUT2D eigenvalue weighted by atomic mass is 10.1. The van der Waals surface area contributed by atoms with Gasteiger partial charge in [-0.2, -0.15) is 18.3 Å². The molecule has 0 bridgehead atoms. The van der Waals surface area contributed by atoms with Gasteiger partial charge in [-0.1, -0.05) is 0 Å². The largest absolute Gasteiger partial charge is 0.393 e. The molecule has 3 aromatic rings. The predicted molar refractivity (Wildman–Crippen MR) is 91.5 cm³/mol. The summed E-state index contributed by atoms with van der Waals surface area (Å²) in [4.78, 5) is 22.0. The number of nitrogens with zero attached hydrogens (tertiary/aromatic N) is 5. The number of fused-ring (bicyclic) bond motifs is 1. The molecule has 1 amide bonds. The average molecular weight is 394 g/mol. The van der Waals surface area contributed by atoms with Crippen molar-refractivity contribution in [3.63, 3.8) is 0 Å². The van der Waals surface area contributed by atoms with Crippen LogP contribution in [0.5, 0.6) is 0 Å². The smallest absolute Gasteiger partial charge is 0.356 e. The van der Waals surface area contributed by atoms with Crippen molar-refractivity contribution in [2.75, 3.05) is 23.3 Å². The van der Waals surface area contributed by atoms with E-state index in [4.69, 9.17) is 0 Å². The number of rotatable bonds is 3. The molecule has 146 valence electrons. The number of nitrogens with one attached hydrogen (secondary N) is 1. The molecule has 0 aliphatic carbocycles. The standard InChI is InChI=1S/C17H14F4N6O/c18-11-5-12(7-22-6-11)24-16(28)13-8-23-27-4-2-14(25-15(13)27)26-3-1-10(9-26)17(19,20)21/h2,4-8,10H,1,3,9H2,(H,24,28). The third-order valence-corrected chi connectivity index (χ3v) is 4.54. The lowest BCUT2D eigenvalue weighted by molar-refractivity contribution is -0.168. The van der Waals surface area contributed by atoms with Crippen molar-refractivity contribution in [2.24, 2.45) is 5.92 Å². The second-order valence-electron chi connectivity index (χ2n) is 6.43. The number of hydrogen-bond donors (Lipinski definition) is 1. The molecule has 7 nitrogen and oxygen atoms in total. The topological polar surface area (TPSA) is 75.4 Å². The summed E-state index contributed by atoms with van der Waals surface area (Å²) in [5.74, 6) is -2.26. The molecule has 3 aromatic heterocycles. The Kier molecular flexibility index (Phi) is 4.36. The zero-order valence-electron chi connectivity index (χ0n) is 14.3. The molecule has 1 N–H and O–H groups in total. The van der Waals surface area contributed by atoms with E-state index in [0.717, 1.165) is 12.3 Å². The van der Waals surface area contributed by atoms with E-state index in [1.807, 2.05) is 0 Å². The van der Waals surface area contributed by atoms with E-state index in [1.165, 1.54) is 28.0 Å². The van der Waals surface area contributed by atoms with Crippen LogP contribution in [0.3, 0.4) is 0 Å². The van der Waals surface area contributed by atoms with Crippen molar-refractivity contribution in [1.82, 2.24) is 19.6 Å². The maximum atomic E-state index is 13.2. The monoisotopic (exact) mass is 394 g/mol. The Morgan fingerprint density at radius 3 is 2.79 bits per heavy atom. The minimum Gasteiger partial charge on any atom is -0.356 e. The van der Waals surface area contributed by atoms with Gasteiger partial charge in [0.1, 0.15) is 17.2 Å². The number of amides is 1. The second-order valence-corrected chi connectivity index (χ2v) is 6.43. The summed E-state index contributed by atoms with van der Waals surface area (Å²) in [5, 5.41) is 6.52. The van der Waals surface area contributed by atoms with Gasteiger partial charge >= 0.3 is 6.18 Å². The Labute approximate surface area is 156 Å². The molecule has 0 saturated carbocycles. The van der Waals surface area contributed by atoms with Gasteiger partial charge in [0, 0.05) is 25.4 Å². The van der Waals surface area contributed by atoms with Crippen molar-refractivity contribution in [3.05, 3.63) is 48.3 Å². The third-order valence-electron chi connectivity index (χ3n) is 4.54. The summed E-state index contributed by atoms with van der Waals surface area (Å²) in [6.07, 6.45) is 0.848. The summed E-state index contributed by atoms with van der Waals surface area (Å²) in [6, 6.07) is 2.66. The normalized spacial score (nSPS) is 17.3. The van der Waals surface area contributed by atoms with Crippen molar-refractivity contribution < 1.29 is 22.4 Å². The highest BCUT2D eigenvalue weighted by atomic mass is 19.4. The van der Waals surface area contributed by atoms with Crippen molar-refractivity contribution in [3.8, 4) is 0 Å². The second kappa shape index (κ2) is 6.73. The predicted octanol–water partition coefficient (Wildman–Crippen LogP) is 2.90. The molecule has 0 radical (unpaired) electrons. The van der Waals surface area contributed by atoms with Crippen LogP contribution in [0.25, 0.3) is 5.65 Å². The quantitative estimate of drug-likeness (QED) is 0.692. The van der Waals surface area contributed by atoms with Crippen LogP contribution >= 0.6 is 0 Å². The number of pyridine rings is 1. The highest BCUT2D eigenvalue weighted by Gasteiger charge is 2.43. The number of anilines is 2. The lowest BCUT2D eigenvalue weighted by Crippen LogP contribution is -2.28. The summed E-state index contributed by atoms with van der Waals surface area (Å²) in [6.45, 7) is 0.0370. The van der Waals surface area contributed by atoms with Gasteiger partial charge in [0.25, 0.3) is 5.91 Å². The third kappa shape index (κ3) is 3.47. The number of carbonyl (C=O) groups excluding carboxylic acids is 1. The molecule has 28 heavy (non-hydrogen) atoms. The zero-order chi connectivity index (χ0) is 19.9. The van der Waals surface area contributed by atoms with Crippen LogP contribution in [0.4, 0.5) is 29.1 Å². The molecule has 1 atom stereocenters. The van der Waals surface area contributed by atoms with E-state index in [2.05, 4.69) is 20.4 Å². The van der Waals surface area contributed by atoms with Gasteiger partial charge in [0.05, 0.1) is 30.2 Å². The fourth-order valence-corrected chi connectivity index (χ4v) is 3.11. The average Bonchev–Trinajstić information content (AvgIpc) is 3.28. The molecule has 4 rings (SSSR count). The minimum atomic E-state index is -4.25. The zero-order valence-corrected chi connectivity index (χ0v) is 14.3. The molecular weight excluding hydrogens is 380 g/mol. The van der Waals surface area contributed by atoms with Gasteiger partial charge in [-0.3, -0.25) is 9.78 Å². The number of alkyl halides is 3. The van der Waals surface area contributed by atoms with Gasteiger partial charge in [-0.15, -0.1) is 0 Å². The van der Waals surface area contributed by atoms with Crippen LogP contribution in [-0.4, -0.2) is 44.8 Å². The summed E-state index contributed by atoms with van der Waals surface area (Å²) in [7, 11) is 0. The fourth-order valence-electron chi connectivity index (χ4n) is 3.11. The molecule has 1 unspecified atom stereocenters. The fraction of sp³-hybridized carbons (Fsp3) is 0.294. The first-order valence-corrected chi connectivity index (χ1v) is 8.39. The van der Waals surface area contributed by atoms with Crippen LogP contribution in [0.15, 0.2) is 36.9 Å². The molecule has 0 spiro atoms. The van der Waals surface area contributed by atoms with Gasteiger partial charge in [0.15, 0.2) is 5.65 Å². The molecule has 4 heterocycles. The van der Waals surface area contributed by atoms with Crippen LogP contribution in [0.2, 0.25) is 0 Å². The highest BCUT2D eigenvalue weighted by molar-refractivity contribution is 6.08. The Morgan fingerprint density at radius 1 is 1.25 bits per heavy atom. The van der Waals surface area contributed by atoms with Gasteiger partial charge in [-0.25, -0.2) is 13.9 Å². The van der Waals surface area contributed by atoms with Crippen LogP contribution in [0, 0.1) is 11.7 Å². The van der Waals surface area contributed by atoms with Crippen LogP contribution in [0.1, 0.15) is 16.8 Å².